The largest absolute Gasteiger partial charge is 0.403 e. The Morgan fingerprint density at radius 2 is 2.23 bits per heavy atom. The van der Waals surface area contributed by atoms with Crippen LogP contribution in [0.15, 0.2) is 23.9 Å². The third-order valence-electron chi connectivity index (χ3n) is 1.93. The first-order chi connectivity index (χ1) is 6.20. The summed E-state index contributed by atoms with van der Waals surface area (Å²) < 4.78 is 4.97. The van der Waals surface area contributed by atoms with E-state index in [9.17, 15) is 4.79 Å². The van der Waals surface area contributed by atoms with Gasteiger partial charge >= 0.3 is 5.97 Å². The third-order valence-corrected chi connectivity index (χ3v) is 1.93. The second kappa shape index (κ2) is 2.69. The predicted molar refractivity (Wildman–Crippen MR) is 48.1 cm³/mol. The maximum atomic E-state index is 11.4. The molecular formula is C10H9NO2. The number of carbonyl (C=O) groups excluding carboxylic acids is 1. The monoisotopic (exact) mass is 175 g/mol. The van der Waals surface area contributed by atoms with Gasteiger partial charge in [-0.15, -0.1) is 0 Å². The zero-order chi connectivity index (χ0) is 9.42. The smallest absolute Gasteiger partial charge is 0.345 e. The molecule has 0 unspecified atom stereocenters. The van der Waals surface area contributed by atoms with Crippen LogP contribution in [0.3, 0.4) is 0 Å². The topological polar surface area (TPSA) is 39.2 Å². The number of hydrogen-bond acceptors (Lipinski definition) is 3. The van der Waals surface area contributed by atoms with Crippen LogP contribution in [0.2, 0.25) is 0 Å². The van der Waals surface area contributed by atoms with E-state index >= 15 is 0 Å². The summed E-state index contributed by atoms with van der Waals surface area (Å²) in [5.41, 5.74) is 2.40. The molecule has 0 aliphatic carbocycles. The molecule has 0 fully saturated rings. The van der Waals surface area contributed by atoms with E-state index in [0.29, 0.717) is 11.5 Å². The molecule has 0 N–H and O–H groups in total. The van der Waals surface area contributed by atoms with Gasteiger partial charge in [0.2, 0.25) is 5.88 Å². The summed E-state index contributed by atoms with van der Waals surface area (Å²) in [5, 5.41) is 0. The van der Waals surface area contributed by atoms with Gasteiger partial charge < -0.3 is 4.74 Å². The molecule has 0 radical (unpaired) electrons. The Balaban J connectivity index is 2.67. The highest BCUT2D eigenvalue weighted by Crippen LogP contribution is 2.33. The Morgan fingerprint density at radius 1 is 1.46 bits per heavy atom. The minimum atomic E-state index is -0.297. The van der Waals surface area contributed by atoms with Gasteiger partial charge in [-0.05, 0) is 26.0 Å². The Hall–Kier alpha value is -1.64. The first kappa shape index (κ1) is 7.98. The summed E-state index contributed by atoms with van der Waals surface area (Å²) >= 11 is 0. The number of pyridine rings is 1. The molecule has 13 heavy (non-hydrogen) atoms. The van der Waals surface area contributed by atoms with Crippen LogP contribution in [0.5, 0.6) is 5.88 Å². The Kier molecular flexibility index (Phi) is 1.65. The molecule has 2 heterocycles. The van der Waals surface area contributed by atoms with Crippen molar-refractivity contribution in [2.75, 3.05) is 0 Å². The van der Waals surface area contributed by atoms with Gasteiger partial charge in [0.05, 0.1) is 11.1 Å². The van der Waals surface area contributed by atoms with Crippen molar-refractivity contribution >= 4 is 11.5 Å². The predicted octanol–water partition coefficient (Wildman–Crippen LogP) is 1.79. The molecule has 3 nitrogen and oxygen atoms in total. The summed E-state index contributed by atoms with van der Waals surface area (Å²) in [7, 11) is 0. The van der Waals surface area contributed by atoms with Crippen molar-refractivity contribution in [1.82, 2.24) is 4.98 Å². The van der Waals surface area contributed by atoms with E-state index in [2.05, 4.69) is 4.98 Å². The van der Waals surface area contributed by atoms with Crippen molar-refractivity contribution < 1.29 is 9.53 Å². The van der Waals surface area contributed by atoms with Gasteiger partial charge in [-0.2, -0.15) is 0 Å². The van der Waals surface area contributed by atoms with Crippen LogP contribution < -0.4 is 4.74 Å². The van der Waals surface area contributed by atoms with E-state index in [4.69, 9.17) is 4.74 Å². The molecule has 0 spiro atoms. The molecule has 2 rings (SSSR count). The van der Waals surface area contributed by atoms with Gasteiger partial charge in [-0.3, -0.25) is 0 Å². The number of hydrogen-bond donors (Lipinski definition) is 0. The molecule has 1 aliphatic rings. The maximum absolute atomic E-state index is 11.4. The number of esters is 1. The first-order valence-corrected chi connectivity index (χ1v) is 4.05. The number of aromatic nitrogens is 1. The second-order valence-corrected chi connectivity index (χ2v) is 3.12. The van der Waals surface area contributed by atoms with E-state index in [1.807, 2.05) is 19.9 Å². The molecule has 0 amide bonds. The summed E-state index contributed by atoms with van der Waals surface area (Å²) in [4.78, 5) is 15.3. The number of fused-ring (bicyclic) bond motifs is 1. The van der Waals surface area contributed by atoms with Crippen molar-refractivity contribution in [3.05, 3.63) is 29.5 Å². The highest BCUT2D eigenvalue weighted by Gasteiger charge is 2.28. The summed E-state index contributed by atoms with van der Waals surface area (Å²) in [5.74, 6) is 0.123. The highest BCUT2D eigenvalue weighted by molar-refractivity contribution is 6.21. The zero-order valence-corrected chi connectivity index (χ0v) is 7.50. The summed E-state index contributed by atoms with van der Waals surface area (Å²) in [6.45, 7) is 3.78. The third kappa shape index (κ3) is 1.13. The fourth-order valence-electron chi connectivity index (χ4n) is 1.38. The fraction of sp³-hybridized carbons (Fsp3) is 0.200. The van der Waals surface area contributed by atoms with E-state index in [1.165, 1.54) is 0 Å². The van der Waals surface area contributed by atoms with Crippen LogP contribution in [0.25, 0.3) is 5.57 Å². The number of nitrogens with zero attached hydrogens (tertiary/aromatic N) is 1. The highest BCUT2D eigenvalue weighted by atomic mass is 16.5. The van der Waals surface area contributed by atoms with E-state index < -0.39 is 0 Å². The second-order valence-electron chi connectivity index (χ2n) is 3.12. The zero-order valence-electron chi connectivity index (χ0n) is 7.50. The minimum absolute atomic E-state index is 0.297. The van der Waals surface area contributed by atoms with Crippen LogP contribution in [-0.4, -0.2) is 11.0 Å². The van der Waals surface area contributed by atoms with Crippen molar-refractivity contribution in [3.63, 3.8) is 0 Å². The molecule has 0 saturated heterocycles. The molecule has 0 aromatic carbocycles. The van der Waals surface area contributed by atoms with Crippen molar-refractivity contribution in [2.24, 2.45) is 0 Å². The molecule has 1 aliphatic heterocycles. The Bertz CT molecular complexity index is 403. The lowest BCUT2D eigenvalue weighted by atomic mass is 10.1. The van der Waals surface area contributed by atoms with Gasteiger partial charge in [0, 0.05) is 6.20 Å². The molecule has 1 aromatic rings. The molecular weight excluding hydrogens is 166 g/mol. The van der Waals surface area contributed by atoms with Gasteiger partial charge in [0.1, 0.15) is 0 Å². The number of ether oxygens (including phenoxy) is 1. The molecule has 3 heteroatoms. The Labute approximate surface area is 76.1 Å². The summed E-state index contributed by atoms with van der Waals surface area (Å²) in [6, 6.07) is 3.64. The van der Waals surface area contributed by atoms with Crippen LogP contribution in [0.4, 0.5) is 0 Å². The Morgan fingerprint density at radius 3 is 2.92 bits per heavy atom. The van der Waals surface area contributed by atoms with E-state index in [1.54, 1.807) is 12.3 Å². The van der Waals surface area contributed by atoms with Crippen LogP contribution >= 0.6 is 0 Å². The minimum Gasteiger partial charge on any atom is -0.403 e. The average molecular weight is 175 g/mol. The van der Waals surface area contributed by atoms with Crippen molar-refractivity contribution in [3.8, 4) is 5.88 Å². The number of carbonyl (C=O) groups is 1. The number of rotatable bonds is 0. The summed E-state index contributed by atoms with van der Waals surface area (Å²) in [6.07, 6.45) is 1.61. The van der Waals surface area contributed by atoms with Crippen molar-refractivity contribution in [1.29, 1.82) is 0 Å². The molecule has 0 bridgehead atoms. The molecule has 0 atom stereocenters. The maximum Gasteiger partial charge on any atom is 0.345 e. The number of allylic oxidation sites excluding steroid dienone is 1. The van der Waals surface area contributed by atoms with Crippen LogP contribution in [-0.2, 0) is 4.79 Å². The molecule has 0 saturated carbocycles. The van der Waals surface area contributed by atoms with Crippen LogP contribution in [0, 0.1) is 0 Å². The van der Waals surface area contributed by atoms with Gasteiger partial charge in [0.15, 0.2) is 0 Å². The van der Waals surface area contributed by atoms with Gasteiger partial charge in [-0.1, -0.05) is 5.57 Å². The molecule has 66 valence electrons. The van der Waals surface area contributed by atoms with Crippen molar-refractivity contribution in [2.45, 2.75) is 13.8 Å². The van der Waals surface area contributed by atoms with Crippen LogP contribution in [0.1, 0.15) is 19.4 Å². The van der Waals surface area contributed by atoms with Gasteiger partial charge in [-0.25, -0.2) is 9.78 Å². The van der Waals surface area contributed by atoms with E-state index in [0.717, 1.165) is 11.1 Å². The fourth-order valence-corrected chi connectivity index (χ4v) is 1.38. The lowest BCUT2D eigenvalue weighted by Crippen LogP contribution is -2.01. The quantitative estimate of drug-likeness (QED) is 0.445. The SMILES string of the molecule is CC(C)=C1C(=O)Oc2ncccc21. The van der Waals surface area contributed by atoms with E-state index in [-0.39, 0.29) is 5.97 Å². The lowest BCUT2D eigenvalue weighted by molar-refractivity contribution is -0.127. The standard InChI is InChI=1S/C10H9NO2/c1-6(2)8-7-4-3-5-11-9(7)13-10(8)12/h3-5H,1-2H3. The first-order valence-electron chi connectivity index (χ1n) is 4.05. The van der Waals surface area contributed by atoms with Gasteiger partial charge in [0.25, 0.3) is 0 Å². The normalized spacial score (nSPS) is 14.0. The molecule has 1 aromatic heterocycles. The average Bonchev–Trinajstić information content (AvgIpc) is 2.39. The lowest BCUT2D eigenvalue weighted by Gasteiger charge is -1.95.